The molecule has 2 amide bonds. The first kappa shape index (κ1) is 17.3. The third-order valence-corrected chi connectivity index (χ3v) is 3.69. The Hall–Kier alpha value is -2.07. The quantitative estimate of drug-likeness (QED) is 0.733. The summed E-state index contributed by atoms with van der Waals surface area (Å²) in [6.45, 7) is 6.02. The number of ether oxygens (including phenoxy) is 1. The SMILES string of the molecule is CCOCCCNC(=O)NC(C)Cc1ccc2ccccc2c1. The standard InChI is InChI=1S/C19H26N2O2/c1-3-23-12-6-11-20-19(22)21-15(2)13-16-9-10-17-7-4-5-8-18(17)14-16/h4-5,7-10,14-15H,3,6,11-13H2,1-2H3,(H2,20,21,22). The maximum atomic E-state index is 11.8. The van der Waals surface area contributed by atoms with Gasteiger partial charge in [0.25, 0.3) is 0 Å². The van der Waals surface area contributed by atoms with Crippen LogP contribution in [0, 0.1) is 0 Å². The van der Waals surface area contributed by atoms with Gasteiger partial charge in [-0.2, -0.15) is 0 Å². The van der Waals surface area contributed by atoms with Crippen LogP contribution in [0.3, 0.4) is 0 Å². The summed E-state index contributed by atoms with van der Waals surface area (Å²) in [5.41, 5.74) is 1.23. The maximum absolute atomic E-state index is 11.8. The molecule has 23 heavy (non-hydrogen) atoms. The molecular weight excluding hydrogens is 288 g/mol. The molecule has 2 rings (SSSR count). The van der Waals surface area contributed by atoms with Crippen LogP contribution in [0.1, 0.15) is 25.8 Å². The van der Waals surface area contributed by atoms with E-state index < -0.39 is 0 Å². The number of nitrogens with one attached hydrogen (secondary N) is 2. The zero-order chi connectivity index (χ0) is 16.5. The van der Waals surface area contributed by atoms with Crippen LogP contribution in [0.2, 0.25) is 0 Å². The molecule has 0 aliphatic rings. The highest BCUT2D eigenvalue weighted by molar-refractivity contribution is 5.83. The Morgan fingerprint density at radius 2 is 1.96 bits per heavy atom. The van der Waals surface area contributed by atoms with Crippen molar-refractivity contribution in [2.75, 3.05) is 19.8 Å². The second kappa shape index (κ2) is 9.16. The van der Waals surface area contributed by atoms with Gasteiger partial charge in [-0.05, 0) is 43.0 Å². The molecule has 4 heteroatoms. The van der Waals surface area contributed by atoms with E-state index in [1.807, 2.05) is 26.0 Å². The number of fused-ring (bicyclic) bond motifs is 1. The predicted molar refractivity (Wildman–Crippen MR) is 94.8 cm³/mol. The number of hydrogen-bond donors (Lipinski definition) is 2. The van der Waals surface area contributed by atoms with Gasteiger partial charge in [-0.1, -0.05) is 42.5 Å². The summed E-state index contributed by atoms with van der Waals surface area (Å²) in [5.74, 6) is 0. The first-order valence-electron chi connectivity index (χ1n) is 8.29. The number of amides is 2. The Morgan fingerprint density at radius 3 is 2.74 bits per heavy atom. The average molecular weight is 314 g/mol. The summed E-state index contributed by atoms with van der Waals surface area (Å²) >= 11 is 0. The molecule has 2 aromatic carbocycles. The van der Waals surface area contributed by atoms with Crippen LogP contribution in [0.25, 0.3) is 10.8 Å². The molecule has 4 nitrogen and oxygen atoms in total. The van der Waals surface area contributed by atoms with E-state index in [0.29, 0.717) is 13.2 Å². The summed E-state index contributed by atoms with van der Waals surface area (Å²) in [5, 5.41) is 8.31. The number of carbonyl (C=O) groups excluding carboxylic acids is 1. The van der Waals surface area contributed by atoms with Crippen LogP contribution >= 0.6 is 0 Å². The van der Waals surface area contributed by atoms with Gasteiger partial charge in [-0.25, -0.2) is 4.79 Å². The van der Waals surface area contributed by atoms with Gasteiger partial charge in [0.1, 0.15) is 0 Å². The minimum absolute atomic E-state index is 0.0862. The minimum atomic E-state index is -0.116. The topological polar surface area (TPSA) is 50.4 Å². The van der Waals surface area contributed by atoms with E-state index in [0.717, 1.165) is 19.4 Å². The van der Waals surface area contributed by atoms with Gasteiger partial charge in [0, 0.05) is 25.8 Å². The molecule has 0 radical (unpaired) electrons. The average Bonchev–Trinajstić information content (AvgIpc) is 2.54. The van der Waals surface area contributed by atoms with Gasteiger partial charge in [0.15, 0.2) is 0 Å². The van der Waals surface area contributed by atoms with Crippen molar-refractivity contribution in [2.45, 2.75) is 32.7 Å². The molecule has 0 aromatic heterocycles. The molecule has 0 saturated heterocycles. The Labute approximate surface area is 138 Å². The summed E-state index contributed by atoms with van der Waals surface area (Å²) in [6.07, 6.45) is 1.65. The third-order valence-electron chi connectivity index (χ3n) is 3.69. The normalized spacial score (nSPS) is 12.1. The Morgan fingerprint density at radius 1 is 1.17 bits per heavy atom. The van der Waals surface area contributed by atoms with Crippen LogP contribution in [-0.2, 0) is 11.2 Å². The van der Waals surface area contributed by atoms with E-state index in [1.54, 1.807) is 0 Å². The van der Waals surface area contributed by atoms with Gasteiger partial charge in [0.05, 0.1) is 0 Å². The molecule has 0 saturated carbocycles. The summed E-state index contributed by atoms with van der Waals surface area (Å²) in [7, 11) is 0. The van der Waals surface area contributed by atoms with Crippen molar-refractivity contribution in [1.82, 2.24) is 10.6 Å². The summed E-state index contributed by atoms with van der Waals surface area (Å²) in [4.78, 5) is 11.8. The summed E-state index contributed by atoms with van der Waals surface area (Å²) < 4.78 is 5.24. The molecule has 124 valence electrons. The molecular formula is C19H26N2O2. The molecule has 0 aliphatic heterocycles. The van der Waals surface area contributed by atoms with Gasteiger partial charge in [-0.15, -0.1) is 0 Å². The molecule has 0 bridgehead atoms. The van der Waals surface area contributed by atoms with Crippen LogP contribution in [-0.4, -0.2) is 31.8 Å². The smallest absolute Gasteiger partial charge is 0.315 e. The molecule has 0 fully saturated rings. The Balaban J connectivity index is 1.76. The van der Waals surface area contributed by atoms with E-state index in [9.17, 15) is 4.79 Å². The van der Waals surface area contributed by atoms with Crippen molar-refractivity contribution in [3.63, 3.8) is 0 Å². The predicted octanol–water partition coefficient (Wildman–Crippen LogP) is 3.50. The Bertz CT molecular complexity index is 628. The molecule has 1 atom stereocenters. The number of hydrogen-bond acceptors (Lipinski definition) is 2. The number of benzene rings is 2. The number of urea groups is 1. The van der Waals surface area contributed by atoms with E-state index >= 15 is 0 Å². The lowest BCUT2D eigenvalue weighted by Gasteiger charge is -2.15. The van der Waals surface area contributed by atoms with Crippen molar-refractivity contribution in [2.24, 2.45) is 0 Å². The second-order valence-corrected chi connectivity index (χ2v) is 5.74. The number of carbonyl (C=O) groups is 1. The molecule has 2 N–H and O–H groups in total. The van der Waals surface area contributed by atoms with E-state index in [2.05, 4.69) is 41.0 Å². The lowest BCUT2D eigenvalue weighted by molar-refractivity contribution is 0.145. The van der Waals surface area contributed by atoms with Crippen LogP contribution < -0.4 is 10.6 Å². The maximum Gasteiger partial charge on any atom is 0.315 e. The highest BCUT2D eigenvalue weighted by atomic mass is 16.5. The number of rotatable bonds is 8. The molecule has 0 heterocycles. The van der Waals surface area contributed by atoms with Gasteiger partial charge in [0.2, 0.25) is 0 Å². The molecule has 0 aliphatic carbocycles. The van der Waals surface area contributed by atoms with Crippen LogP contribution in [0.4, 0.5) is 4.79 Å². The zero-order valence-electron chi connectivity index (χ0n) is 14.0. The lowest BCUT2D eigenvalue weighted by Crippen LogP contribution is -2.42. The minimum Gasteiger partial charge on any atom is -0.382 e. The van der Waals surface area contributed by atoms with Crippen LogP contribution in [0.5, 0.6) is 0 Å². The highest BCUT2D eigenvalue weighted by Gasteiger charge is 2.08. The first-order chi connectivity index (χ1) is 11.2. The first-order valence-corrected chi connectivity index (χ1v) is 8.29. The largest absolute Gasteiger partial charge is 0.382 e. The molecule has 2 aromatic rings. The zero-order valence-corrected chi connectivity index (χ0v) is 14.0. The fourth-order valence-electron chi connectivity index (χ4n) is 2.57. The Kier molecular flexibility index (Phi) is 6.88. The molecule has 0 spiro atoms. The third kappa shape index (κ3) is 5.91. The monoisotopic (exact) mass is 314 g/mol. The van der Waals surface area contributed by atoms with Crippen LogP contribution in [0.15, 0.2) is 42.5 Å². The van der Waals surface area contributed by atoms with Gasteiger partial charge in [-0.3, -0.25) is 0 Å². The fourth-order valence-corrected chi connectivity index (χ4v) is 2.57. The highest BCUT2D eigenvalue weighted by Crippen LogP contribution is 2.16. The van der Waals surface area contributed by atoms with Crippen molar-refractivity contribution in [1.29, 1.82) is 0 Å². The van der Waals surface area contributed by atoms with Gasteiger partial charge >= 0.3 is 6.03 Å². The van der Waals surface area contributed by atoms with E-state index in [-0.39, 0.29) is 12.1 Å². The van der Waals surface area contributed by atoms with E-state index in [4.69, 9.17) is 4.74 Å². The van der Waals surface area contributed by atoms with Crippen molar-refractivity contribution >= 4 is 16.8 Å². The van der Waals surface area contributed by atoms with Gasteiger partial charge < -0.3 is 15.4 Å². The van der Waals surface area contributed by atoms with Crippen molar-refractivity contribution < 1.29 is 9.53 Å². The molecule has 1 unspecified atom stereocenters. The second-order valence-electron chi connectivity index (χ2n) is 5.74. The lowest BCUT2D eigenvalue weighted by atomic mass is 10.0. The van der Waals surface area contributed by atoms with Crippen molar-refractivity contribution in [3.05, 3.63) is 48.0 Å². The fraction of sp³-hybridized carbons (Fsp3) is 0.421. The summed E-state index contributed by atoms with van der Waals surface area (Å²) in [6, 6.07) is 14.7. The van der Waals surface area contributed by atoms with Crippen molar-refractivity contribution in [3.8, 4) is 0 Å². The van der Waals surface area contributed by atoms with E-state index in [1.165, 1.54) is 16.3 Å².